The summed E-state index contributed by atoms with van der Waals surface area (Å²) < 4.78 is 1.95. The van der Waals surface area contributed by atoms with E-state index in [0.29, 0.717) is 0 Å². The average molecular weight is 244 g/mol. The second kappa shape index (κ2) is 4.71. The van der Waals surface area contributed by atoms with E-state index in [-0.39, 0.29) is 0 Å². The average Bonchev–Trinajstić information content (AvgIpc) is 2.76. The lowest BCUT2D eigenvalue weighted by molar-refractivity contribution is 0.148. The van der Waals surface area contributed by atoms with Gasteiger partial charge in [-0.25, -0.2) is 0 Å². The predicted octanol–water partition coefficient (Wildman–Crippen LogP) is 1.32. The largest absolute Gasteiger partial charge is 0.304 e. The first-order chi connectivity index (χ1) is 8.74. The molecule has 0 saturated carbocycles. The van der Waals surface area contributed by atoms with Crippen molar-refractivity contribution in [1.29, 1.82) is 0 Å². The van der Waals surface area contributed by atoms with Crippen LogP contribution in [0.2, 0.25) is 0 Å². The number of nitrogens with zero attached hydrogens (tertiary/aromatic N) is 4. The Labute approximate surface area is 108 Å². The molecule has 0 aliphatic carbocycles. The first kappa shape index (κ1) is 11.7. The summed E-state index contributed by atoms with van der Waals surface area (Å²) in [5, 5.41) is 5.64. The van der Waals surface area contributed by atoms with Gasteiger partial charge in [-0.15, -0.1) is 0 Å². The van der Waals surface area contributed by atoms with Crippen molar-refractivity contribution in [2.75, 3.05) is 33.2 Å². The fourth-order valence-corrected chi connectivity index (χ4v) is 2.62. The zero-order valence-corrected chi connectivity index (χ0v) is 11.1. The molecule has 0 radical (unpaired) electrons. The molecule has 0 amide bonds. The van der Waals surface area contributed by atoms with Crippen LogP contribution in [0.5, 0.6) is 0 Å². The maximum atomic E-state index is 4.35. The van der Waals surface area contributed by atoms with Gasteiger partial charge < -0.3 is 4.90 Å². The highest BCUT2D eigenvalue weighted by Crippen LogP contribution is 2.19. The van der Waals surface area contributed by atoms with Crippen LogP contribution in [0.15, 0.2) is 24.4 Å². The molecule has 1 fully saturated rings. The van der Waals surface area contributed by atoms with Crippen LogP contribution in [-0.2, 0) is 13.6 Å². The quantitative estimate of drug-likeness (QED) is 0.796. The molecule has 96 valence electrons. The molecule has 1 aromatic carbocycles. The Kier molecular flexibility index (Phi) is 3.06. The fraction of sp³-hybridized carbons (Fsp3) is 0.500. The number of hydrogen-bond acceptors (Lipinski definition) is 3. The zero-order chi connectivity index (χ0) is 12.5. The van der Waals surface area contributed by atoms with Crippen molar-refractivity contribution in [3.05, 3.63) is 30.0 Å². The number of hydrogen-bond donors (Lipinski definition) is 0. The highest BCUT2D eigenvalue weighted by Gasteiger charge is 2.15. The van der Waals surface area contributed by atoms with Crippen LogP contribution in [0.1, 0.15) is 5.56 Å². The molecule has 2 heterocycles. The summed E-state index contributed by atoms with van der Waals surface area (Å²) in [6, 6.07) is 6.49. The molecule has 0 spiro atoms. The molecular formula is C14H20N4. The van der Waals surface area contributed by atoms with Crippen molar-refractivity contribution in [3.8, 4) is 0 Å². The highest BCUT2D eigenvalue weighted by atomic mass is 15.3. The molecule has 1 aromatic heterocycles. The van der Waals surface area contributed by atoms with Gasteiger partial charge in [-0.3, -0.25) is 9.58 Å². The van der Waals surface area contributed by atoms with Gasteiger partial charge in [0.05, 0.1) is 11.7 Å². The number of aryl methyl sites for hydroxylation is 1. The molecule has 0 N–H and O–H groups in total. The standard InChI is InChI=1S/C14H20N4/c1-16-6-8-18(9-7-16)11-12-4-3-5-14-13(12)10-15-17(14)2/h3-5,10H,6-9,11H2,1-2H3. The van der Waals surface area contributed by atoms with Gasteiger partial charge in [0, 0.05) is 45.2 Å². The SMILES string of the molecule is CN1CCN(Cc2cccc3c2cnn3C)CC1. The van der Waals surface area contributed by atoms with Crippen molar-refractivity contribution >= 4 is 10.9 Å². The first-order valence-electron chi connectivity index (χ1n) is 6.54. The normalized spacial score (nSPS) is 18.6. The van der Waals surface area contributed by atoms with E-state index in [1.807, 2.05) is 17.9 Å². The summed E-state index contributed by atoms with van der Waals surface area (Å²) in [5.41, 5.74) is 2.62. The molecule has 4 heteroatoms. The van der Waals surface area contributed by atoms with Gasteiger partial charge in [0.25, 0.3) is 0 Å². The summed E-state index contributed by atoms with van der Waals surface area (Å²) in [6.07, 6.45) is 1.99. The minimum atomic E-state index is 1.04. The van der Waals surface area contributed by atoms with Crippen molar-refractivity contribution in [2.24, 2.45) is 7.05 Å². The molecule has 4 nitrogen and oxygen atoms in total. The number of benzene rings is 1. The molecule has 0 atom stereocenters. The zero-order valence-electron chi connectivity index (χ0n) is 11.1. The first-order valence-corrected chi connectivity index (χ1v) is 6.54. The Morgan fingerprint density at radius 2 is 1.89 bits per heavy atom. The van der Waals surface area contributed by atoms with E-state index in [2.05, 4.69) is 40.1 Å². The second-order valence-electron chi connectivity index (χ2n) is 5.20. The number of likely N-dealkylation sites (N-methyl/N-ethyl adjacent to an activating group) is 1. The van der Waals surface area contributed by atoms with Gasteiger partial charge in [0.1, 0.15) is 0 Å². The van der Waals surface area contributed by atoms with Crippen LogP contribution < -0.4 is 0 Å². The third-order valence-corrected chi connectivity index (χ3v) is 3.87. The predicted molar refractivity (Wildman–Crippen MR) is 73.5 cm³/mol. The molecular weight excluding hydrogens is 224 g/mol. The van der Waals surface area contributed by atoms with E-state index in [4.69, 9.17) is 0 Å². The number of piperazine rings is 1. The van der Waals surface area contributed by atoms with Crippen LogP contribution in [0.25, 0.3) is 10.9 Å². The van der Waals surface area contributed by atoms with Crippen molar-refractivity contribution in [1.82, 2.24) is 19.6 Å². The van der Waals surface area contributed by atoms with Gasteiger partial charge in [-0.2, -0.15) is 5.10 Å². The molecule has 18 heavy (non-hydrogen) atoms. The van der Waals surface area contributed by atoms with Crippen molar-refractivity contribution in [2.45, 2.75) is 6.54 Å². The molecule has 0 bridgehead atoms. The topological polar surface area (TPSA) is 24.3 Å². The van der Waals surface area contributed by atoms with E-state index < -0.39 is 0 Å². The van der Waals surface area contributed by atoms with Gasteiger partial charge in [-0.05, 0) is 18.7 Å². The number of rotatable bonds is 2. The van der Waals surface area contributed by atoms with E-state index in [1.165, 1.54) is 29.6 Å². The van der Waals surface area contributed by atoms with Gasteiger partial charge in [0.2, 0.25) is 0 Å². The highest BCUT2D eigenvalue weighted by molar-refractivity contribution is 5.82. The third kappa shape index (κ3) is 2.13. The lowest BCUT2D eigenvalue weighted by Crippen LogP contribution is -2.43. The van der Waals surface area contributed by atoms with Crippen LogP contribution in [-0.4, -0.2) is 52.8 Å². The van der Waals surface area contributed by atoms with E-state index in [0.717, 1.165) is 19.6 Å². The summed E-state index contributed by atoms with van der Waals surface area (Å²) in [5.74, 6) is 0. The van der Waals surface area contributed by atoms with Crippen molar-refractivity contribution in [3.63, 3.8) is 0 Å². The van der Waals surface area contributed by atoms with Gasteiger partial charge in [-0.1, -0.05) is 12.1 Å². The minimum absolute atomic E-state index is 1.04. The molecule has 1 aliphatic rings. The monoisotopic (exact) mass is 244 g/mol. The molecule has 2 aromatic rings. The minimum Gasteiger partial charge on any atom is -0.304 e. The number of aromatic nitrogens is 2. The van der Waals surface area contributed by atoms with E-state index in [1.54, 1.807) is 0 Å². The molecule has 0 unspecified atom stereocenters. The Balaban J connectivity index is 1.82. The lowest BCUT2D eigenvalue weighted by Gasteiger charge is -2.32. The van der Waals surface area contributed by atoms with Gasteiger partial charge >= 0.3 is 0 Å². The second-order valence-corrected chi connectivity index (χ2v) is 5.20. The Bertz CT molecular complexity index is 538. The van der Waals surface area contributed by atoms with Crippen LogP contribution in [0, 0.1) is 0 Å². The van der Waals surface area contributed by atoms with Crippen molar-refractivity contribution < 1.29 is 0 Å². The van der Waals surface area contributed by atoms with Crippen LogP contribution >= 0.6 is 0 Å². The van der Waals surface area contributed by atoms with E-state index >= 15 is 0 Å². The molecule has 3 rings (SSSR count). The fourth-order valence-electron chi connectivity index (χ4n) is 2.62. The van der Waals surface area contributed by atoms with E-state index in [9.17, 15) is 0 Å². The Morgan fingerprint density at radius 3 is 2.67 bits per heavy atom. The van der Waals surface area contributed by atoms with Gasteiger partial charge in [0.15, 0.2) is 0 Å². The maximum Gasteiger partial charge on any atom is 0.0682 e. The summed E-state index contributed by atoms with van der Waals surface area (Å²) in [7, 11) is 4.20. The molecule has 1 saturated heterocycles. The third-order valence-electron chi connectivity index (χ3n) is 3.87. The lowest BCUT2D eigenvalue weighted by atomic mass is 10.1. The Morgan fingerprint density at radius 1 is 1.11 bits per heavy atom. The van der Waals surface area contributed by atoms with Crippen LogP contribution in [0.4, 0.5) is 0 Å². The summed E-state index contributed by atoms with van der Waals surface area (Å²) in [6.45, 7) is 5.70. The summed E-state index contributed by atoms with van der Waals surface area (Å²) in [4.78, 5) is 4.92. The smallest absolute Gasteiger partial charge is 0.0682 e. The maximum absolute atomic E-state index is 4.35. The Hall–Kier alpha value is -1.39. The summed E-state index contributed by atoms with van der Waals surface area (Å²) >= 11 is 0. The molecule has 1 aliphatic heterocycles. The van der Waals surface area contributed by atoms with Crippen LogP contribution in [0.3, 0.4) is 0 Å². The number of fused-ring (bicyclic) bond motifs is 1.